The zero-order chi connectivity index (χ0) is 11.6. The number of halogens is 3. The third-order valence-corrected chi connectivity index (χ3v) is 2.71. The van der Waals surface area contributed by atoms with Crippen LogP contribution in [0.5, 0.6) is 0 Å². The molecule has 3 nitrogen and oxygen atoms in total. The second-order valence-electron chi connectivity index (χ2n) is 3.63. The second kappa shape index (κ2) is 13.6. The van der Waals surface area contributed by atoms with Crippen LogP contribution in [0.4, 0.5) is 0 Å². The van der Waals surface area contributed by atoms with E-state index in [1.807, 2.05) is 12.1 Å². The quantitative estimate of drug-likeness (QED) is 0.624. The lowest BCUT2D eigenvalue weighted by Gasteiger charge is -2.06. The van der Waals surface area contributed by atoms with Crippen molar-refractivity contribution in [2.75, 3.05) is 26.2 Å². The van der Waals surface area contributed by atoms with Crippen LogP contribution in [0.3, 0.4) is 0 Å². The maximum absolute atomic E-state index is 8.56. The highest BCUT2D eigenvalue weighted by molar-refractivity contribution is 9.10. The molecular weight excluding hydrogens is 339 g/mol. The van der Waals surface area contributed by atoms with Crippen molar-refractivity contribution in [3.8, 4) is 0 Å². The smallest absolute Gasteiger partial charge is 0.0555 e. The molecule has 0 aliphatic heterocycles. The maximum atomic E-state index is 8.56. The molecule has 1 aromatic carbocycles. The van der Waals surface area contributed by atoms with Crippen LogP contribution in [-0.2, 0) is 6.54 Å². The van der Waals surface area contributed by atoms with Crippen LogP contribution in [0, 0.1) is 0 Å². The van der Waals surface area contributed by atoms with Crippen molar-refractivity contribution >= 4 is 40.7 Å². The average Bonchev–Trinajstić information content (AvgIpc) is 2.28. The summed E-state index contributed by atoms with van der Waals surface area (Å²) >= 11 is 3.45. The molecular formula is C12H21BrCl2N2O. The van der Waals surface area contributed by atoms with Gasteiger partial charge in [0.2, 0.25) is 0 Å². The van der Waals surface area contributed by atoms with Gasteiger partial charge in [-0.3, -0.25) is 0 Å². The lowest BCUT2D eigenvalue weighted by Crippen LogP contribution is -2.23. The van der Waals surface area contributed by atoms with Gasteiger partial charge in [0.25, 0.3) is 0 Å². The van der Waals surface area contributed by atoms with Gasteiger partial charge in [0, 0.05) is 17.6 Å². The molecule has 0 saturated carbocycles. The van der Waals surface area contributed by atoms with Gasteiger partial charge in [0.05, 0.1) is 6.61 Å². The molecule has 1 rings (SSSR count). The van der Waals surface area contributed by atoms with E-state index >= 15 is 0 Å². The molecule has 1 aromatic rings. The zero-order valence-corrected chi connectivity index (χ0v) is 13.4. The molecule has 0 aromatic heterocycles. The Hall–Kier alpha value is 0.160. The van der Waals surface area contributed by atoms with Crippen LogP contribution in [0.15, 0.2) is 28.7 Å². The predicted molar refractivity (Wildman–Crippen MR) is 84.9 cm³/mol. The van der Waals surface area contributed by atoms with E-state index in [9.17, 15) is 0 Å². The Kier molecular flexibility index (Phi) is 15.5. The lowest BCUT2D eigenvalue weighted by atomic mass is 10.2. The summed E-state index contributed by atoms with van der Waals surface area (Å²) in [4.78, 5) is 0. The normalized spacial score (nSPS) is 9.44. The minimum absolute atomic E-state index is 0. The first-order valence-electron chi connectivity index (χ1n) is 5.59. The number of benzene rings is 1. The van der Waals surface area contributed by atoms with Crippen LogP contribution in [0.1, 0.15) is 12.0 Å². The fourth-order valence-corrected chi connectivity index (χ4v) is 1.87. The second-order valence-corrected chi connectivity index (χ2v) is 4.55. The molecule has 0 fully saturated rings. The molecule has 0 aliphatic carbocycles. The number of hydrogen-bond acceptors (Lipinski definition) is 3. The first kappa shape index (κ1) is 20.5. The highest BCUT2D eigenvalue weighted by Gasteiger charge is 1.93. The molecule has 0 heterocycles. The van der Waals surface area contributed by atoms with Crippen LogP contribution >= 0.6 is 40.7 Å². The topological polar surface area (TPSA) is 44.3 Å². The van der Waals surface area contributed by atoms with Gasteiger partial charge in [-0.25, -0.2) is 0 Å². The van der Waals surface area contributed by atoms with Crippen LogP contribution < -0.4 is 10.6 Å². The summed E-state index contributed by atoms with van der Waals surface area (Å²) < 4.78 is 1.12. The van der Waals surface area contributed by atoms with E-state index in [1.54, 1.807) is 0 Å². The highest BCUT2D eigenvalue weighted by atomic mass is 79.9. The van der Waals surface area contributed by atoms with Gasteiger partial charge in [-0.05, 0) is 37.2 Å². The van der Waals surface area contributed by atoms with Gasteiger partial charge in [0.15, 0.2) is 0 Å². The number of aliphatic hydroxyl groups is 1. The summed E-state index contributed by atoms with van der Waals surface area (Å²) in [5.74, 6) is 0. The highest BCUT2D eigenvalue weighted by Crippen LogP contribution is 2.11. The summed E-state index contributed by atoms with van der Waals surface area (Å²) in [5.41, 5.74) is 1.29. The van der Waals surface area contributed by atoms with E-state index in [0.717, 1.165) is 30.5 Å². The summed E-state index contributed by atoms with van der Waals surface area (Å²) in [6.07, 6.45) is 1.08. The molecule has 0 aliphatic rings. The molecule has 0 bridgehead atoms. The fraction of sp³-hybridized carbons (Fsp3) is 0.500. The van der Waals surface area contributed by atoms with Crippen molar-refractivity contribution < 1.29 is 5.11 Å². The van der Waals surface area contributed by atoms with E-state index in [0.29, 0.717) is 6.54 Å². The summed E-state index contributed by atoms with van der Waals surface area (Å²) in [6.45, 7) is 3.74. The molecule has 0 amide bonds. The minimum Gasteiger partial charge on any atom is -0.395 e. The summed E-state index contributed by atoms with van der Waals surface area (Å²) in [7, 11) is 0. The Balaban J connectivity index is 0. The third kappa shape index (κ3) is 10.1. The molecule has 106 valence electrons. The molecule has 0 atom stereocenters. The Morgan fingerprint density at radius 2 is 1.78 bits per heavy atom. The monoisotopic (exact) mass is 358 g/mol. The van der Waals surface area contributed by atoms with E-state index in [2.05, 4.69) is 38.7 Å². The molecule has 3 N–H and O–H groups in total. The fourth-order valence-electron chi connectivity index (χ4n) is 1.42. The summed E-state index contributed by atoms with van der Waals surface area (Å²) in [6, 6.07) is 8.31. The van der Waals surface area contributed by atoms with Gasteiger partial charge in [-0.15, -0.1) is 24.8 Å². The first-order chi connectivity index (χ1) is 7.83. The van der Waals surface area contributed by atoms with Gasteiger partial charge < -0.3 is 15.7 Å². The molecule has 18 heavy (non-hydrogen) atoms. The van der Waals surface area contributed by atoms with Crippen molar-refractivity contribution in [1.82, 2.24) is 10.6 Å². The number of rotatable bonds is 8. The van der Waals surface area contributed by atoms with E-state index in [1.165, 1.54) is 5.56 Å². The van der Waals surface area contributed by atoms with Gasteiger partial charge in [0.1, 0.15) is 0 Å². The van der Waals surface area contributed by atoms with Gasteiger partial charge in [-0.1, -0.05) is 28.1 Å². The van der Waals surface area contributed by atoms with Gasteiger partial charge in [-0.2, -0.15) is 0 Å². The Morgan fingerprint density at radius 1 is 1.06 bits per heavy atom. The van der Waals surface area contributed by atoms with Crippen molar-refractivity contribution in [2.45, 2.75) is 13.0 Å². The van der Waals surface area contributed by atoms with Gasteiger partial charge >= 0.3 is 0 Å². The number of hydrogen-bond donors (Lipinski definition) is 3. The molecule has 0 saturated heterocycles. The standard InChI is InChI=1S/C12H19BrN2O.2ClH/c13-12-4-1-3-11(9-12)10-15-6-2-5-14-7-8-16;;/h1,3-4,9,14-16H,2,5-8,10H2;2*1H. The van der Waals surface area contributed by atoms with Crippen LogP contribution in [-0.4, -0.2) is 31.3 Å². The first-order valence-corrected chi connectivity index (χ1v) is 6.39. The minimum atomic E-state index is 0. The Bertz CT molecular complexity index is 303. The average molecular weight is 360 g/mol. The van der Waals surface area contributed by atoms with Crippen LogP contribution in [0.25, 0.3) is 0 Å². The molecule has 0 spiro atoms. The predicted octanol–water partition coefficient (Wildman–Crippen LogP) is 2.35. The van der Waals surface area contributed by atoms with Crippen molar-refractivity contribution in [1.29, 1.82) is 0 Å². The molecule has 0 unspecified atom stereocenters. The SMILES string of the molecule is Cl.Cl.OCCNCCCNCc1cccc(Br)c1. The lowest BCUT2D eigenvalue weighted by molar-refractivity contribution is 0.292. The largest absolute Gasteiger partial charge is 0.395 e. The van der Waals surface area contributed by atoms with E-state index in [4.69, 9.17) is 5.11 Å². The Morgan fingerprint density at radius 3 is 2.44 bits per heavy atom. The summed E-state index contributed by atoms with van der Waals surface area (Å²) in [5, 5.41) is 15.1. The number of aliphatic hydroxyl groups excluding tert-OH is 1. The van der Waals surface area contributed by atoms with E-state index in [-0.39, 0.29) is 31.4 Å². The molecule has 6 heteroatoms. The van der Waals surface area contributed by atoms with E-state index < -0.39 is 0 Å². The van der Waals surface area contributed by atoms with Crippen molar-refractivity contribution in [2.24, 2.45) is 0 Å². The number of nitrogens with one attached hydrogen (secondary N) is 2. The van der Waals surface area contributed by atoms with Crippen molar-refractivity contribution in [3.63, 3.8) is 0 Å². The van der Waals surface area contributed by atoms with Crippen molar-refractivity contribution in [3.05, 3.63) is 34.3 Å². The molecule has 0 radical (unpaired) electrons. The third-order valence-electron chi connectivity index (χ3n) is 2.21. The Labute approximate surface area is 130 Å². The van der Waals surface area contributed by atoms with Crippen LogP contribution in [0.2, 0.25) is 0 Å². The maximum Gasteiger partial charge on any atom is 0.0555 e. The zero-order valence-electron chi connectivity index (χ0n) is 10.2.